The highest BCUT2D eigenvalue weighted by Crippen LogP contribution is 2.39. The molecule has 2 aromatic carbocycles. The molecule has 0 aliphatic carbocycles. The first-order valence-corrected chi connectivity index (χ1v) is 10.4. The Bertz CT molecular complexity index is 848. The molecule has 5 heteroatoms. The number of aliphatic hydroxyl groups excluding tert-OH is 1. The van der Waals surface area contributed by atoms with Crippen molar-refractivity contribution < 1.29 is 19.7 Å². The van der Waals surface area contributed by atoms with Crippen molar-refractivity contribution in [3.63, 3.8) is 0 Å². The summed E-state index contributed by atoms with van der Waals surface area (Å²) in [4.78, 5) is 2.23. The van der Waals surface area contributed by atoms with E-state index in [0.717, 1.165) is 30.0 Å². The molecule has 0 amide bonds. The minimum absolute atomic E-state index is 0.107. The minimum atomic E-state index is -0.864. The van der Waals surface area contributed by atoms with Crippen LogP contribution >= 0.6 is 0 Å². The molecule has 156 valence electrons. The third-order valence-corrected chi connectivity index (χ3v) is 6.19. The molecule has 4 rings (SSSR count). The second-order valence-electron chi connectivity index (χ2n) is 9.29. The van der Waals surface area contributed by atoms with Crippen LogP contribution in [0.4, 0.5) is 0 Å². The van der Waals surface area contributed by atoms with E-state index in [4.69, 9.17) is 9.47 Å². The van der Waals surface area contributed by atoms with Gasteiger partial charge in [0.2, 0.25) is 6.79 Å². The summed E-state index contributed by atoms with van der Waals surface area (Å²) >= 11 is 0. The molecule has 5 nitrogen and oxygen atoms in total. The van der Waals surface area contributed by atoms with Gasteiger partial charge in [-0.25, -0.2) is 0 Å². The number of hydrogen-bond acceptors (Lipinski definition) is 5. The quantitative estimate of drug-likeness (QED) is 0.823. The van der Waals surface area contributed by atoms with Crippen molar-refractivity contribution in [3.8, 4) is 11.5 Å². The van der Waals surface area contributed by atoms with Gasteiger partial charge in [0.15, 0.2) is 11.5 Å². The summed E-state index contributed by atoms with van der Waals surface area (Å²) < 4.78 is 10.8. The van der Waals surface area contributed by atoms with Gasteiger partial charge in [-0.3, -0.25) is 0 Å². The second kappa shape index (κ2) is 7.63. The van der Waals surface area contributed by atoms with Gasteiger partial charge in [-0.2, -0.15) is 0 Å². The van der Waals surface area contributed by atoms with E-state index in [1.54, 1.807) is 0 Å². The summed E-state index contributed by atoms with van der Waals surface area (Å²) in [7, 11) is 0. The van der Waals surface area contributed by atoms with E-state index < -0.39 is 11.7 Å². The van der Waals surface area contributed by atoms with E-state index in [9.17, 15) is 10.2 Å². The fourth-order valence-electron chi connectivity index (χ4n) is 4.14. The van der Waals surface area contributed by atoms with Gasteiger partial charge >= 0.3 is 0 Å². The number of fused-ring (bicyclic) bond motifs is 1. The summed E-state index contributed by atoms with van der Waals surface area (Å²) in [6.45, 7) is 8.85. The maximum Gasteiger partial charge on any atom is 0.231 e. The molecule has 0 unspecified atom stereocenters. The molecule has 2 aliphatic rings. The van der Waals surface area contributed by atoms with Gasteiger partial charge in [0.1, 0.15) is 0 Å². The monoisotopic (exact) mass is 397 g/mol. The molecule has 1 fully saturated rings. The van der Waals surface area contributed by atoms with E-state index in [-0.39, 0.29) is 12.2 Å². The predicted molar refractivity (Wildman–Crippen MR) is 112 cm³/mol. The summed E-state index contributed by atoms with van der Waals surface area (Å²) in [6.07, 6.45) is 0.728. The lowest BCUT2D eigenvalue weighted by Gasteiger charge is -2.39. The van der Waals surface area contributed by atoms with Crippen LogP contribution in [0, 0.1) is 0 Å². The topological polar surface area (TPSA) is 62.2 Å². The van der Waals surface area contributed by atoms with Crippen LogP contribution in [-0.4, -0.2) is 41.5 Å². The first kappa shape index (κ1) is 20.2. The van der Waals surface area contributed by atoms with E-state index >= 15 is 0 Å². The number of piperidine rings is 1. The largest absolute Gasteiger partial charge is 0.454 e. The second-order valence-corrected chi connectivity index (χ2v) is 9.29. The lowest BCUT2D eigenvalue weighted by Crippen LogP contribution is -2.43. The van der Waals surface area contributed by atoms with Crippen LogP contribution in [0.1, 0.15) is 56.4 Å². The SMILES string of the molecule is CC(C)(C)c1ccc([C@@H](O)CN2CCC(O)(c3ccc4c(c3)OCO4)CC2)cc1. The van der Waals surface area contributed by atoms with Crippen molar-refractivity contribution in [1.29, 1.82) is 0 Å². The smallest absolute Gasteiger partial charge is 0.231 e. The zero-order valence-corrected chi connectivity index (χ0v) is 17.5. The van der Waals surface area contributed by atoms with Crippen molar-refractivity contribution in [2.75, 3.05) is 26.4 Å². The third kappa shape index (κ3) is 4.27. The Labute approximate surface area is 172 Å². The van der Waals surface area contributed by atoms with Gasteiger partial charge in [-0.05, 0) is 47.1 Å². The van der Waals surface area contributed by atoms with Gasteiger partial charge in [-0.15, -0.1) is 0 Å². The number of rotatable bonds is 4. The van der Waals surface area contributed by atoms with Crippen LogP contribution in [0.2, 0.25) is 0 Å². The highest BCUT2D eigenvalue weighted by Gasteiger charge is 2.35. The fraction of sp³-hybridized carbons (Fsp3) is 0.500. The number of nitrogens with zero attached hydrogens (tertiary/aromatic N) is 1. The van der Waals surface area contributed by atoms with E-state index in [0.29, 0.717) is 25.1 Å². The van der Waals surface area contributed by atoms with Crippen LogP contribution in [0.15, 0.2) is 42.5 Å². The van der Waals surface area contributed by atoms with Crippen LogP contribution in [-0.2, 0) is 11.0 Å². The van der Waals surface area contributed by atoms with Gasteiger partial charge in [0.25, 0.3) is 0 Å². The van der Waals surface area contributed by atoms with E-state index in [1.165, 1.54) is 5.56 Å². The molecule has 0 spiro atoms. The highest BCUT2D eigenvalue weighted by molar-refractivity contribution is 5.46. The predicted octanol–water partition coefficient (Wildman–Crippen LogP) is 3.73. The summed E-state index contributed by atoms with van der Waals surface area (Å²) in [5.41, 5.74) is 2.32. The molecular weight excluding hydrogens is 366 g/mol. The van der Waals surface area contributed by atoms with Gasteiger partial charge < -0.3 is 24.6 Å². The third-order valence-electron chi connectivity index (χ3n) is 6.19. The summed E-state index contributed by atoms with van der Waals surface area (Å²) in [6, 6.07) is 13.9. The van der Waals surface area contributed by atoms with Crippen LogP contribution in [0.5, 0.6) is 11.5 Å². The van der Waals surface area contributed by atoms with Crippen LogP contribution in [0.25, 0.3) is 0 Å². The molecule has 0 radical (unpaired) electrons. The molecule has 2 heterocycles. The molecule has 2 aromatic rings. The Balaban J connectivity index is 1.36. The fourth-order valence-corrected chi connectivity index (χ4v) is 4.14. The molecule has 2 aliphatic heterocycles. The van der Waals surface area contributed by atoms with Crippen LogP contribution < -0.4 is 9.47 Å². The number of aliphatic hydroxyl groups is 2. The Morgan fingerprint density at radius 1 is 1.00 bits per heavy atom. The summed E-state index contributed by atoms with van der Waals surface area (Å²) in [5, 5.41) is 21.8. The normalized spacial score (nSPS) is 19.9. The molecule has 0 bridgehead atoms. The average Bonchev–Trinajstić information content (AvgIpc) is 3.17. The molecule has 1 atom stereocenters. The lowest BCUT2D eigenvalue weighted by molar-refractivity contribution is -0.0345. The van der Waals surface area contributed by atoms with Gasteiger partial charge in [-0.1, -0.05) is 51.1 Å². The maximum atomic E-state index is 11.2. The number of hydrogen-bond donors (Lipinski definition) is 2. The lowest BCUT2D eigenvalue weighted by atomic mass is 9.84. The number of ether oxygens (including phenoxy) is 2. The minimum Gasteiger partial charge on any atom is -0.454 e. The average molecular weight is 398 g/mol. The Kier molecular flexibility index (Phi) is 5.32. The van der Waals surface area contributed by atoms with E-state index in [1.807, 2.05) is 30.3 Å². The highest BCUT2D eigenvalue weighted by atomic mass is 16.7. The Morgan fingerprint density at radius 3 is 2.31 bits per heavy atom. The van der Waals surface area contributed by atoms with Crippen molar-refractivity contribution in [1.82, 2.24) is 4.90 Å². The zero-order valence-electron chi connectivity index (χ0n) is 17.5. The van der Waals surface area contributed by atoms with Crippen molar-refractivity contribution in [3.05, 3.63) is 59.2 Å². The molecule has 29 heavy (non-hydrogen) atoms. The number of benzene rings is 2. The molecular formula is C24H31NO4. The Morgan fingerprint density at radius 2 is 1.66 bits per heavy atom. The summed E-state index contributed by atoms with van der Waals surface area (Å²) in [5.74, 6) is 1.43. The standard InChI is InChI=1S/C24H31NO4/c1-23(2,3)18-6-4-17(5-7-18)20(26)15-25-12-10-24(27,11-13-25)19-8-9-21-22(14-19)29-16-28-21/h4-9,14,20,26-27H,10-13,15-16H2,1-3H3/t20-/m0/s1. The first-order chi connectivity index (χ1) is 13.7. The van der Waals surface area contributed by atoms with E-state index in [2.05, 4.69) is 37.8 Å². The Hall–Kier alpha value is -2.08. The molecule has 2 N–H and O–H groups in total. The van der Waals surface area contributed by atoms with Crippen molar-refractivity contribution >= 4 is 0 Å². The maximum absolute atomic E-state index is 11.2. The number of β-amino-alcohol motifs (C(OH)–C–C–N with tert-alkyl or cyclic N) is 1. The zero-order chi connectivity index (χ0) is 20.6. The van der Waals surface area contributed by atoms with Crippen molar-refractivity contribution in [2.24, 2.45) is 0 Å². The molecule has 1 saturated heterocycles. The number of likely N-dealkylation sites (tertiary alicyclic amines) is 1. The van der Waals surface area contributed by atoms with Gasteiger partial charge in [0, 0.05) is 19.6 Å². The first-order valence-electron chi connectivity index (χ1n) is 10.4. The molecule has 0 aromatic heterocycles. The van der Waals surface area contributed by atoms with Crippen molar-refractivity contribution in [2.45, 2.75) is 50.7 Å². The van der Waals surface area contributed by atoms with Crippen LogP contribution in [0.3, 0.4) is 0 Å². The van der Waals surface area contributed by atoms with Gasteiger partial charge in [0.05, 0.1) is 11.7 Å². The molecule has 0 saturated carbocycles.